The van der Waals surface area contributed by atoms with Gasteiger partial charge in [-0.15, -0.1) is 0 Å². The molecule has 0 aromatic heterocycles. The largest absolute Gasteiger partial charge is 0.501 e. The zero-order valence-corrected chi connectivity index (χ0v) is 16.2. The lowest BCUT2D eigenvalue weighted by molar-refractivity contribution is -0.0474. The van der Waals surface area contributed by atoms with E-state index >= 15 is 0 Å². The minimum atomic E-state index is -0.0509. The van der Waals surface area contributed by atoms with E-state index in [1.165, 1.54) is 43.4 Å². The first kappa shape index (κ1) is 17.6. The predicted octanol–water partition coefficient (Wildman–Crippen LogP) is 4.18. The van der Waals surface area contributed by atoms with E-state index in [1.807, 2.05) is 14.2 Å². The number of rotatable bonds is 4. The second kappa shape index (κ2) is 6.74. The third kappa shape index (κ3) is 2.61. The van der Waals surface area contributed by atoms with E-state index < -0.39 is 0 Å². The lowest BCUT2D eigenvalue weighted by Crippen LogP contribution is -2.46. The molecule has 0 heterocycles. The second-order valence-electron chi connectivity index (χ2n) is 8.88. The van der Waals surface area contributed by atoms with Gasteiger partial charge in [-0.2, -0.15) is 0 Å². The fourth-order valence-corrected chi connectivity index (χ4v) is 7.04. The first-order chi connectivity index (χ1) is 12.1. The summed E-state index contributed by atoms with van der Waals surface area (Å²) in [5.41, 5.74) is 5.13. The van der Waals surface area contributed by atoms with Gasteiger partial charge in [0.15, 0.2) is 0 Å². The number of methoxy groups -OCH3 is 1. The zero-order chi connectivity index (χ0) is 17.6. The maximum absolute atomic E-state index is 10.7. The molecule has 0 amide bonds. The normalized spacial score (nSPS) is 40.6. The monoisotopic (exact) mass is 345 g/mol. The second-order valence-corrected chi connectivity index (χ2v) is 8.88. The van der Waals surface area contributed by atoms with Gasteiger partial charge in [-0.3, -0.25) is 0 Å². The van der Waals surface area contributed by atoms with Gasteiger partial charge in [0, 0.05) is 13.0 Å². The van der Waals surface area contributed by atoms with E-state index in [0.29, 0.717) is 0 Å². The molecule has 4 aliphatic carbocycles. The Bertz CT molecular complexity index is 593. The minimum absolute atomic E-state index is 0.0509. The van der Waals surface area contributed by atoms with Crippen molar-refractivity contribution in [2.24, 2.45) is 23.2 Å². The Kier molecular flexibility index (Phi) is 4.74. The Hall–Kier alpha value is -0.800. The Labute approximate surface area is 152 Å². The van der Waals surface area contributed by atoms with Gasteiger partial charge >= 0.3 is 0 Å². The van der Waals surface area contributed by atoms with Gasteiger partial charge in [0.2, 0.25) is 0 Å². The van der Waals surface area contributed by atoms with Gasteiger partial charge in [0.05, 0.1) is 13.2 Å². The number of nitrogens with one attached hydrogen (secondary N) is 1. The van der Waals surface area contributed by atoms with Crippen LogP contribution in [-0.2, 0) is 4.74 Å². The van der Waals surface area contributed by atoms with Crippen LogP contribution in [0.1, 0.15) is 64.7 Å². The van der Waals surface area contributed by atoms with Crippen molar-refractivity contribution in [3.8, 4) is 0 Å². The van der Waals surface area contributed by atoms with Crippen molar-refractivity contribution < 1.29 is 9.84 Å². The maximum Gasteiger partial charge on any atom is 0.100 e. The van der Waals surface area contributed by atoms with Gasteiger partial charge in [-0.25, -0.2) is 0 Å². The third-order valence-electron chi connectivity index (χ3n) is 8.26. The van der Waals surface area contributed by atoms with Gasteiger partial charge in [0.1, 0.15) is 5.76 Å². The molecule has 0 aliphatic heterocycles. The Morgan fingerprint density at radius 1 is 1.20 bits per heavy atom. The summed E-state index contributed by atoms with van der Waals surface area (Å²) >= 11 is 0. The van der Waals surface area contributed by atoms with Gasteiger partial charge < -0.3 is 15.2 Å². The average Bonchev–Trinajstić information content (AvgIpc) is 2.98. The van der Waals surface area contributed by atoms with Crippen molar-refractivity contribution in [3.63, 3.8) is 0 Å². The first-order valence-corrected chi connectivity index (χ1v) is 10.4. The van der Waals surface area contributed by atoms with Crippen LogP contribution in [0.3, 0.4) is 0 Å². The highest BCUT2D eigenvalue weighted by atomic mass is 16.5. The summed E-state index contributed by atoms with van der Waals surface area (Å²) in [5, 5.41) is 14.1. The molecular weight excluding hydrogens is 310 g/mol. The highest BCUT2D eigenvalue weighted by Crippen LogP contribution is 2.62. The molecular formula is C22H35NO2. The number of likely N-dealkylation sites (N-methyl/N-ethyl adjacent to an activating group) is 1. The van der Waals surface area contributed by atoms with Crippen LogP contribution in [-0.4, -0.2) is 31.9 Å². The number of hydrogen-bond acceptors (Lipinski definition) is 3. The van der Waals surface area contributed by atoms with Crippen molar-refractivity contribution in [2.45, 2.75) is 70.8 Å². The fourth-order valence-electron chi connectivity index (χ4n) is 7.04. The average molecular weight is 346 g/mol. The number of ether oxygens (including phenoxy) is 1. The molecule has 140 valence electrons. The molecule has 4 aliphatic rings. The predicted molar refractivity (Wildman–Crippen MR) is 101 cm³/mol. The molecule has 3 heteroatoms. The van der Waals surface area contributed by atoms with E-state index in [2.05, 4.69) is 12.2 Å². The smallest absolute Gasteiger partial charge is 0.100 e. The van der Waals surface area contributed by atoms with Crippen molar-refractivity contribution in [1.82, 2.24) is 5.32 Å². The van der Waals surface area contributed by atoms with Gasteiger partial charge in [-0.1, -0.05) is 18.1 Å². The summed E-state index contributed by atoms with van der Waals surface area (Å²) in [4.78, 5) is 0. The fraction of sp³-hybridized carbons (Fsp3) is 0.818. The molecule has 2 N–H and O–H groups in total. The number of aliphatic hydroxyl groups is 1. The summed E-state index contributed by atoms with van der Waals surface area (Å²) in [5.74, 6) is 3.54. The highest BCUT2D eigenvalue weighted by Gasteiger charge is 2.56. The van der Waals surface area contributed by atoms with Crippen molar-refractivity contribution in [1.29, 1.82) is 0 Å². The van der Waals surface area contributed by atoms with Gasteiger partial charge in [-0.05, 0) is 87.2 Å². The van der Waals surface area contributed by atoms with Crippen LogP contribution in [0, 0.1) is 23.2 Å². The molecule has 0 spiro atoms. The van der Waals surface area contributed by atoms with Crippen LogP contribution in [0.2, 0.25) is 0 Å². The number of aliphatic hydroxyl groups excluding tert-OH is 1. The van der Waals surface area contributed by atoms with Crippen LogP contribution in [0.4, 0.5) is 0 Å². The molecule has 0 radical (unpaired) electrons. The molecule has 0 aromatic carbocycles. The molecule has 5 atom stereocenters. The molecule has 4 rings (SSSR count). The first-order valence-electron chi connectivity index (χ1n) is 10.4. The third-order valence-corrected chi connectivity index (χ3v) is 8.26. The molecule has 0 bridgehead atoms. The molecule has 0 saturated heterocycles. The van der Waals surface area contributed by atoms with Crippen LogP contribution >= 0.6 is 0 Å². The summed E-state index contributed by atoms with van der Waals surface area (Å²) in [6.45, 7) is 3.26. The summed E-state index contributed by atoms with van der Waals surface area (Å²) in [7, 11) is 3.86. The van der Waals surface area contributed by atoms with E-state index in [4.69, 9.17) is 4.74 Å². The van der Waals surface area contributed by atoms with Crippen LogP contribution in [0.25, 0.3) is 0 Å². The quantitative estimate of drug-likeness (QED) is 0.751. The topological polar surface area (TPSA) is 41.5 Å². The summed E-state index contributed by atoms with van der Waals surface area (Å²) in [6, 6.07) is 0. The molecule has 2 saturated carbocycles. The standard InChI is InChI=1S/C22H35NO2/c1-4-22-10-9-16-17(19(22)7-8-21(22)24)6-5-14-12-20(25-3)15(13-23-2)11-18(14)16/h16-17,19,21,23-24H,4-13H2,1-3H3/t16-,17+,19-,21-,22-/m0/s1. The number of allylic oxidation sites excluding steroid dienone is 2. The maximum atomic E-state index is 10.7. The Balaban J connectivity index is 1.61. The molecule has 2 fully saturated rings. The van der Waals surface area contributed by atoms with Crippen LogP contribution in [0.15, 0.2) is 22.5 Å². The lowest BCUT2D eigenvalue weighted by Gasteiger charge is -2.52. The van der Waals surface area contributed by atoms with E-state index in [-0.39, 0.29) is 11.5 Å². The summed E-state index contributed by atoms with van der Waals surface area (Å²) < 4.78 is 5.73. The molecule has 0 aromatic rings. The van der Waals surface area contributed by atoms with Crippen LogP contribution in [0.5, 0.6) is 0 Å². The molecule has 25 heavy (non-hydrogen) atoms. The summed E-state index contributed by atoms with van der Waals surface area (Å²) in [6.07, 6.45) is 10.7. The van der Waals surface area contributed by atoms with Crippen LogP contribution < -0.4 is 5.32 Å². The SMILES string of the molecule is CC[C@]12CC[C@@H]3C4=C(CC[C@H]3[C@@H]1CC[C@@H]2O)CC(OC)=C(CNC)C4. The number of fused-ring (bicyclic) bond motifs is 4. The van der Waals surface area contributed by atoms with E-state index in [9.17, 15) is 5.11 Å². The Morgan fingerprint density at radius 3 is 2.76 bits per heavy atom. The van der Waals surface area contributed by atoms with Crippen molar-refractivity contribution in [3.05, 3.63) is 22.5 Å². The molecule has 0 unspecified atom stereocenters. The minimum Gasteiger partial charge on any atom is -0.501 e. The van der Waals surface area contributed by atoms with E-state index in [1.54, 1.807) is 11.1 Å². The van der Waals surface area contributed by atoms with E-state index in [0.717, 1.165) is 50.0 Å². The lowest BCUT2D eigenvalue weighted by atomic mass is 9.53. The molecule has 3 nitrogen and oxygen atoms in total. The zero-order valence-electron chi connectivity index (χ0n) is 16.2. The highest BCUT2D eigenvalue weighted by molar-refractivity contribution is 5.37. The number of hydrogen-bond donors (Lipinski definition) is 2. The van der Waals surface area contributed by atoms with Gasteiger partial charge in [0.25, 0.3) is 0 Å². The Morgan fingerprint density at radius 2 is 2.04 bits per heavy atom. The van der Waals surface area contributed by atoms with Crippen molar-refractivity contribution >= 4 is 0 Å². The van der Waals surface area contributed by atoms with Crippen molar-refractivity contribution in [2.75, 3.05) is 20.7 Å².